The maximum atomic E-state index is 13.0. The smallest absolute Gasteiger partial charge is 0.276 e. The first kappa shape index (κ1) is 17.6. The van der Waals surface area contributed by atoms with Crippen LogP contribution >= 0.6 is 22.7 Å². The summed E-state index contributed by atoms with van der Waals surface area (Å²) in [5, 5.41) is 15.2. The van der Waals surface area contributed by atoms with Gasteiger partial charge in [-0.05, 0) is 47.0 Å². The highest BCUT2D eigenvalue weighted by Crippen LogP contribution is 2.39. The number of benzene rings is 1. The molecular formula is C20H16N2O3S2. The van der Waals surface area contributed by atoms with Gasteiger partial charge in [-0.3, -0.25) is 14.9 Å². The van der Waals surface area contributed by atoms with Gasteiger partial charge in [-0.2, -0.15) is 0 Å². The first-order valence-electron chi connectivity index (χ1n) is 8.47. The maximum absolute atomic E-state index is 13.0. The van der Waals surface area contributed by atoms with Gasteiger partial charge in [-0.15, -0.1) is 22.7 Å². The molecule has 0 saturated carbocycles. The molecule has 1 atom stereocenters. The summed E-state index contributed by atoms with van der Waals surface area (Å²) in [7, 11) is 0. The molecule has 3 heterocycles. The van der Waals surface area contributed by atoms with Crippen LogP contribution in [0.15, 0.2) is 59.3 Å². The van der Waals surface area contributed by atoms with Crippen LogP contribution in [0.3, 0.4) is 0 Å². The van der Waals surface area contributed by atoms with E-state index in [1.165, 1.54) is 28.7 Å². The molecule has 7 heteroatoms. The second-order valence-electron chi connectivity index (χ2n) is 6.15. The highest BCUT2D eigenvalue weighted by molar-refractivity contribution is 7.10. The van der Waals surface area contributed by atoms with Crippen molar-refractivity contribution in [1.82, 2.24) is 4.90 Å². The van der Waals surface area contributed by atoms with E-state index in [-0.39, 0.29) is 17.6 Å². The predicted molar refractivity (Wildman–Crippen MR) is 108 cm³/mol. The number of amides is 1. The fourth-order valence-corrected chi connectivity index (χ4v) is 5.12. The number of nitro benzene ring substituents is 1. The van der Waals surface area contributed by atoms with Crippen LogP contribution in [-0.2, 0) is 11.2 Å². The molecular weight excluding hydrogens is 380 g/mol. The molecule has 0 radical (unpaired) electrons. The van der Waals surface area contributed by atoms with Crippen LogP contribution in [0.4, 0.5) is 5.69 Å². The Labute approximate surface area is 164 Å². The molecule has 0 fully saturated rings. The van der Waals surface area contributed by atoms with E-state index in [4.69, 9.17) is 0 Å². The van der Waals surface area contributed by atoms with Crippen molar-refractivity contribution in [3.63, 3.8) is 0 Å². The van der Waals surface area contributed by atoms with Gasteiger partial charge >= 0.3 is 0 Å². The maximum Gasteiger partial charge on any atom is 0.276 e. The fourth-order valence-electron chi connectivity index (χ4n) is 3.36. The molecule has 27 heavy (non-hydrogen) atoms. The molecule has 5 nitrogen and oxygen atoms in total. The molecule has 1 unspecified atom stereocenters. The summed E-state index contributed by atoms with van der Waals surface area (Å²) < 4.78 is 0. The third-order valence-corrected chi connectivity index (χ3v) is 6.52. The van der Waals surface area contributed by atoms with E-state index in [0.717, 1.165) is 11.3 Å². The van der Waals surface area contributed by atoms with Gasteiger partial charge in [0.25, 0.3) is 5.69 Å². The Kier molecular flexibility index (Phi) is 4.87. The third kappa shape index (κ3) is 3.43. The number of nitro groups is 1. The van der Waals surface area contributed by atoms with Crippen molar-refractivity contribution < 1.29 is 9.72 Å². The Morgan fingerprint density at radius 3 is 2.78 bits per heavy atom. The minimum atomic E-state index is -0.433. The molecule has 1 amide bonds. The zero-order chi connectivity index (χ0) is 18.8. The second-order valence-corrected chi connectivity index (χ2v) is 8.13. The molecule has 136 valence electrons. The van der Waals surface area contributed by atoms with Gasteiger partial charge in [0.1, 0.15) is 0 Å². The Morgan fingerprint density at radius 1 is 1.15 bits per heavy atom. The van der Waals surface area contributed by atoms with Gasteiger partial charge < -0.3 is 4.90 Å². The van der Waals surface area contributed by atoms with Crippen LogP contribution in [0.2, 0.25) is 0 Å². The largest absolute Gasteiger partial charge is 0.327 e. The fraction of sp³-hybridized carbons (Fsp3) is 0.150. The normalized spacial score (nSPS) is 16.4. The van der Waals surface area contributed by atoms with Crippen LogP contribution in [0.25, 0.3) is 6.08 Å². The lowest BCUT2D eigenvalue weighted by Crippen LogP contribution is -2.38. The Morgan fingerprint density at radius 2 is 2.00 bits per heavy atom. The van der Waals surface area contributed by atoms with E-state index in [1.807, 2.05) is 22.4 Å². The lowest BCUT2D eigenvalue weighted by Gasteiger charge is -2.34. The first-order chi connectivity index (χ1) is 13.1. The molecule has 0 bridgehead atoms. The topological polar surface area (TPSA) is 63.4 Å². The summed E-state index contributed by atoms with van der Waals surface area (Å²) in [5.74, 6) is -0.136. The van der Waals surface area contributed by atoms with E-state index in [1.54, 1.807) is 40.9 Å². The molecule has 1 aliphatic rings. The first-order valence-corrected chi connectivity index (χ1v) is 10.2. The molecule has 0 spiro atoms. The van der Waals surface area contributed by atoms with Crippen LogP contribution in [0.5, 0.6) is 0 Å². The zero-order valence-electron chi connectivity index (χ0n) is 14.3. The van der Waals surface area contributed by atoms with Crippen molar-refractivity contribution in [2.75, 3.05) is 6.54 Å². The van der Waals surface area contributed by atoms with E-state index < -0.39 is 4.92 Å². The number of nitrogens with zero attached hydrogens (tertiary/aromatic N) is 2. The molecule has 0 aliphatic carbocycles. The second kappa shape index (κ2) is 7.46. The van der Waals surface area contributed by atoms with Crippen molar-refractivity contribution in [3.8, 4) is 0 Å². The summed E-state index contributed by atoms with van der Waals surface area (Å²) in [4.78, 5) is 28.0. The number of carbonyl (C=O) groups excluding carboxylic acids is 1. The van der Waals surface area contributed by atoms with Crippen molar-refractivity contribution in [1.29, 1.82) is 0 Å². The van der Waals surface area contributed by atoms with Gasteiger partial charge in [0.2, 0.25) is 5.91 Å². The molecule has 2 aromatic heterocycles. The molecule has 4 rings (SSSR count). The Hall–Kier alpha value is -2.77. The molecule has 3 aromatic rings. The summed E-state index contributed by atoms with van der Waals surface area (Å²) in [5.41, 5.74) is 1.60. The number of para-hydroxylation sites is 1. The summed E-state index contributed by atoms with van der Waals surface area (Å²) in [6.45, 7) is 0.635. The number of carbonyl (C=O) groups is 1. The van der Waals surface area contributed by atoms with Crippen molar-refractivity contribution in [2.45, 2.75) is 12.5 Å². The number of hydrogen-bond donors (Lipinski definition) is 0. The quantitative estimate of drug-likeness (QED) is 0.358. The monoisotopic (exact) mass is 396 g/mol. The van der Waals surface area contributed by atoms with Gasteiger partial charge in [0, 0.05) is 28.4 Å². The zero-order valence-corrected chi connectivity index (χ0v) is 15.9. The number of hydrogen-bond acceptors (Lipinski definition) is 5. The lowest BCUT2D eigenvalue weighted by molar-refractivity contribution is -0.385. The highest BCUT2D eigenvalue weighted by Gasteiger charge is 2.32. The lowest BCUT2D eigenvalue weighted by atomic mass is 9.98. The van der Waals surface area contributed by atoms with Crippen LogP contribution < -0.4 is 0 Å². The molecule has 0 saturated heterocycles. The van der Waals surface area contributed by atoms with E-state index in [2.05, 4.69) is 11.4 Å². The molecule has 0 N–H and O–H groups in total. The number of rotatable bonds is 4. The molecule has 1 aliphatic heterocycles. The number of fused-ring (bicyclic) bond motifs is 1. The van der Waals surface area contributed by atoms with Crippen LogP contribution in [-0.4, -0.2) is 22.3 Å². The third-order valence-electron chi connectivity index (χ3n) is 4.60. The van der Waals surface area contributed by atoms with Crippen molar-refractivity contribution in [3.05, 3.63) is 90.3 Å². The highest BCUT2D eigenvalue weighted by atomic mass is 32.1. The van der Waals surface area contributed by atoms with Crippen LogP contribution in [0.1, 0.15) is 26.9 Å². The summed E-state index contributed by atoms with van der Waals surface area (Å²) >= 11 is 3.36. The van der Waals surface area contributed by atoms with Gasteiger partial charge in [0.05, 0.1) is 16.5 Å². The van der Waals surface area contributed by atoms with Gasteiger partial charge in [0.15, 0.2) is 0 Å². The van der Waals surface area contributed by atoms with E-state index in [0.29, 0.717) is 12.1 Å². The van der Waals surface area contributed by atoms with Crippen LogP contribution in [0, 0.1) is 10.1 Å². The standard InChI is InChI=1S/C20H16N2O3S2/c23-19(8-7-14-4-1-2-5-16(14)22(24)25)21-11-9-17-15(10-13-27-17)20(21)18-6-3-12-26-18/h1-8,10,12-13,20H,9,11H2/b8-7+. The average Bonchev–Trinajstić information content (AvgIpc) is 3.37. The Balaban J connectivity index is 1.64. The van der Waals surface area contributed by atoms with E-state index in [9.17, 15) is 14.9 Å². The van der Waals surface area contributed by atoms with Gasteiger partial charge in [-0.25, -0.2) is 0 Å². The SMILES string of the molecule is O=C(/C=C/c1ccccc1[N+](=O)[O-])N1CCc2sccc2C1c1cccs1. The minimum Gasteiger partial charge on any atom is -0.327 e. The molecule has 1 aromatic carbocycles. The van der Waals surface area contributed by atoms with Crippen molar-refractivity contribution in [2.24, 2.45) is 0 Å². The summed E-state index contributed by atoms with van der Waals surface area (Å²) in [6.07, 6.45) is 3.81. The predicted octanol–water partition coefficient (Wildman–Crippen LogP) is 4.91. The van der Waals surface area contributed by atoms with E-state index >= 15 is 0 Å². The minimum absolute atomic E-state index is 0.00452. The number of thiophene rings is 2. The average molecular weight is 396 g/mol. The summed E-state index contributed by atoms with van der Waals surface area (Å²) in [6, 6.07) is 12.5. The van der Waals surface area contributed by atoms with Crippen molar-refractivity contribution >= 4 is 40.3 Å². The van der Waals surface area contributed by atoms with Gasteiger partial charge in [-0.1, -0.05) is 18.2 Å². The Bertz CT molecular complexity index is 1010.